The third kappa shape index (κ3) is 12.8. The summed E-state index contributed by atoms with van der Waals surface area (Å²) in [6, 6.07) is 0. The Morgan fingerprint density at radius 2 is 1.67 bits per heavy atom. The Labute approximate surface area is 260 Å². The van der Waals surface area contributed by atoms with Crippen molar-refractivity contribution in [3.05, 3.63) is 23.8 Å². The summed E-state index contributed by atoms with van der Waals surface area (Å²) in [5.41, 5.74) is 1.32. The molecule has 0 spiro atoms. The number of hydrogen-bond acceptors (Lipinski definition) is 5. The number of unbranched alkanes of at least 4 members (excludes halogenated alkanes) is 1. The molecule has 42 heavy (non-hydrogen) atoms. The summed E-state index contributed by atoms with van der Waals surface area (Å²) in [7, 11) is -3.72. The number of esters is 1. The average Bonchev–Trinajstić information content (AvgIpc) is 2.85. The van der Waals surface area contributed by atoms with Gasteiger partial charge in [-0.15, -0.1) is 0 Å². The minimum atomic E-state index is -1.87. The van der Waals surface area contributed by atoms with Crippen LogP contribution < -0.4 is 5.32 Å². The van der Waals surface area contributed by atoms with Gasteiger partial charge >= 0.3 is 5.97 Å². The Morgan fingerprint density at radius 1 is 1.02 bits per heavy atom. The zero-order valence-electron chi connectivity index (χ0n) is 28.8. The van der Waals surface area contributed by atoms with Gasteiger partial charge in [0.2, 0.25) is 5.91 Å². The van der Waals surface area contributed by atoms with Crippen molar-refractivity contribution < 1.29 is 23.2 Å². The number of hydrogen-bond donors (Lipinski definition) is 1. The minimum Gasteiger partial charge on any atom is -0.461 e. The van der Waals surface area contributed by atoms with Gasteiger partial charge in [0.05, 0.1) is 18.4 Å². The van der Waals surface area contributed by atoms with Crippen molar-refractivity contribution in [2.24, 2.45) is 29.6 Å². The molecular formula is C34H63NO5Si2. The lowest BCUT2D eigenvalue weighted by Gasteiger charge is -2.43. The summed E-state index contributed by atoms with van der Waals surface area (Å²) in [5, 5.41) is 3.09. The normalized spacial score (nSPS) is 26.5. The first-order chi connectivity index (χ1) is 19.5. The molecule has 2 rings (SSSR count). The third-order valence-electron chi connectivity index (χ3n) is 8.53. The van der Waals surface area contributed by atoms with Crippen LogP contribution in [-0.4, -0.2) is 53.4 Å². The van der Waals surface area contributed by atoms with Gasteiger partial charge < -0.3 is 18.9 Å². The smallest absolute Gasteiger partial charge is 0.308 e. The van der Waals surface area contributed by atoms with E-state index < -0.39 is 16.6 Å². The summed E-state index contributed by atoms with van der Waals surface area (Å²) < 4.78 is 19.7. The molecule has 8 unspecified atom stereocenters. The van der Waals surface area contributed by atoms with E-state index in [4.69, 9.17) is 13.6 Å². The van der Waals surface area contributed by atoms with Gasteiger partial charge in [-0.25, -0.2) is 0 Å². The Hall–Kier alpha value is -1.23. The van der Waals surface area contributed by atoms with E-state index in [-0.39, 0.29) is 42.0 Å². The van der Waals surface area contributed by atoms with Gasteiger partial charge in [-0.05, 0) is 101 Å². The van der Waals surface area contributed by atoms with Crippen LogP contribution in [0.25, 0.3) is 0 Å². The first-order valence-corrected chi connectivity index (χ1v) is 23.6. The Bertz CT molecular complexity index is 922. The lowest BCUT2D eigenvalue weighted by Crippen LogP contribution is -2.43. The summed E-state index contributed by atoms with van der Waals surface area (Å²) in [4.78, 5) is 25.8. The van der Waals surface area contributed by atoms with E-state index in [1.165, 1.54) is 5.57 Å². The van der Waals surface area contributed by atoms with E-state index in [0.717, 1.165) is 51.5 Å². The summed E-state index contributed by atoms with van der Waals surface area (Å²) in [6.07, 6.45) is 13.5. The van der Waals surface area contributed by atoms with E-state index in [1.807, 2.05) is 13.8 Å². The molecular weight excluding hydrogens is 559 g/mol. The van der Waals surface area contributed by atoms with Crippen LogP contribution in [0.1, 0.15) is 86.0 Å². The first kappa shape index (κ1) is 37.0. The fourth-order valence-corrected chi connectivity index (χ4v) is 8.80. The number of carbonyl (C=O) groups excluding carboxylic acids is 2. The molecule has 0 bridgehead atoms. The van der Waals surface area contributed by atoms with E-state index in [1.54, 1.807) is 0 Å². The van der Waals surface area contributed by atoms with Crippen LogP contribution in [0.4, 0.5) is 0 Å². The Morgan fingerprint density at radius 3 is 2.26 bits per heavy atom. The molecule has 0 aromatic rings. The van der Waals surface area contributed by atoms with Gasteiger partial charge in [0.15, 0.2) is 16.6 Å². The zero-order chi connectivity index (χ0) is 31.7. The lowest BCUT2D eigenvalue weighted by molar-refractivity contribution is -0.158. The second kappa shape index (κ2) is 16.7. The van der Waals surface area contributed by atoms with Crippen LogP contribution in [-0.2, 0) is 23.2 Å². The maximum Gasteiger partial charge on any atom is 0.308 e. The number of nitrogens with one attached hydrogen (secondary N) is 1. The van der Waals surface area contributed by atoms with E-state index in [0.29, 0.717) is 24.2 Å². The maximum absolute atomic E-state index is 12.9. The Balaban J connectivity index is 2.25. The molecule has 1 N–H and O–H groups in total. The highest BCUT2D eigenvalue weighted by Gasteiger charge is 2.42. The van der Waals surface area contributed by atoms with Crippen LogP contribution in [0.5, 0.6) is 0 Å². The van der Waals surface area contributed by atoms with Gasteiger partial charge in [-0.2, -0.15) is 0 Å². The quantitative estimate of drug-likeness (QED) is 0.101. The summed E-state index contributed by atoms with van der Waals surface area (Å²) >= 11 is 0. The van der Waals surface area contributed by atoms with E-state index in [2.05, 4.69) is 83.6 Å². The van der Waals surface area contributed by atoms with Crippen LogP contribution in [0.2, 0.25) is 39.3 Å². The second-order valence-electron chi connectivity index (χ2n) is 15.0. The highest BCUT2D eigenvalue weighted by Crippen LogP contribution is 2.45. The molecule has 0 aromatic carbocycles. The topological polar surface area (TPSA) is 73.9 Å². The largest absolute Gasteiger partial charge is 0.461 e. The van der Waals surface area contributed by atoms with Crippen molar-refractivity contribution in [1.82, 2.24) is 5.32 Å². The monoisotopic (exact) mass is 621 g/mol. The molecule has 0 saturated carbocycles. The highest BCUT2D eigenvalue weighted by molar-refractivity contribution is 6.70. The molecule has 8 atom stereocenters. The summed E-state index contributed by atoms with van der Waals surface area (Å²) in [5.74, 6) is 1.26. The van der Waals surface area contributed by atoms with Crippen LogP contribution in [0.3, 0.4) is 0 Å². The third-order valence-corrected chi connectivity index (χ3v) is 10.6. The van der Waals surface area contributed by atoms with Crippen LogP contribution in [0, 0.1) is 29.6 Å². The van der Waals surface area contributed by atoms with Crippen molar-refractivity contribution >= 4 is 28.5 Å². The molecule has 2 aliphatic carbocycles. The van der Waals surface area contributed by atoms with Gasteiger partial charge in [-0.3, -0.25) is 9.59 Å². The molecule has 0 fully saturated rings. The van der Waals surface area contributed by atoms with E-state index >= 15 is 0 Å². The first-order valence-electron chi connectivity index (χ1n) is 16.8. The summed E-state index contributed by atoms with van der Waals surface area (Å²) in [6.45, 7) is 24.7. The van der Waals surface area contributed by atoms with Gasteiger partial charge in [0.25, 0.3) is 0 Å². The van der Waals surface area contributed by atoms with E-state index in [9.17, 15) is 9.59 Å². The average molecular weight is 622 g/mol. The molecule has 6 nitrogen and oxygen atoms in total. The molecule has 0 aliphatic heterocycles. The van der Waals surface area contributed by atoms with Crippen LogP contribution in [0.15, 0.2) is 23.8 Å². The van der Waals surface area contributed by atoms with Crippen molar-refractivity contribution in [2.45, 2.75) is 144 Å². The van der Waals surface area contributed by atoms with Gasteiger partial charge in [0, 0.05) is 18.6 Å². The molecule has 0 radical (unpaired) electrons. The molecule has 1 amide bonds. The lowest BCUT2D eigenvalue weighted by atomic mass is 9.65. The molecule has 0 heterocycles. The fraction of sp³-hybridized carbons (Fsp3) is 0.824. The fourth-order valence-electron chi connectivity index (χ4n) is 6.41. The molecule has 242 valence electrons. The molecule has 8 heteroatoms. The number of amides is 1. The van der Waals surface area contributed by atoms with Gasteiger partial charge in [-0.1, -0.05) is 59.3 Å². The standard InChI is InChI=1S/C34H63NO5Si2/c1-12-14-19-35-32(36)23-29(40-42(9,10)11)22-28(39-41(6,7)8)17-18-30-26(5)15-16-27-20-24(3)21-31(33(27)30)38-34(37)25(4)13-2/h15-16,20,24-26,28-31,33H,12-14,17-19,21-23H2,1-11H3,(H,35,36). The van der Waals surface area contributed by atoms with Crippen molar-refractivity contribution in [3.63, 3.8) is 0 Å². The van der Waals surface area contributed by atoms with Crippen molar-refractivity contribution in [2.75, 3.05) is 6.54 Å². The number of ether oxygens (including phenoxy) is 1. The SMILES string of the molecule is CCCCNC(=O)CC(CC(CCC1C(C)C=CC2=CC(C)CC(OC(=O)C(C)CC)C21)O[Si](C)(C)C)O[Si](C)(C)C. The number of carbonyl (C=O) groups is 2. The Kier molecular flexibility index (Phi) is 14.7. The van der Waals surface area contributed by atoms with Crippen molar-refractivity contribution in [1.29, 1.82) is 0 Å². The van der Waals surface area contributed by atoms with Gasteiger partial charge in [0.1, 0.15) is 6.10 Å². The predicted octanol–water partition coefficient (Wildman–Crippen LogP) is 8.27. The number of allylic oxidation sites excluding steroid dienone is 3. The minimum absolute atomic E-state index is 0.0237. The molecule has 0 saturated heterocycles. The maximum atomic E-state index is 12.9. The zero-order valence-corrected chi connectivity index (χ0v) is 30.8. The number of fused-ring (bicyclic) bond motifs is 1. The predicted molar refractivity (Wildman–Crippen MR) is 179 cm³/mol. The highest BCUT2D eigenvalue weighted by atomic mass is 28.4. The van der Waals surface area contributed by atoms with Crippen LogP contribution >= 0.6 is 0 Å². The molecule has 0 aromatic heterocycles. The number of rotatable bonds is 17. The van der Waals surface area contributed by atoms with Crippen molar-refractivity contribution in [3.8, 4) is 0 Å². The molecule has 2 aliphatic rings. The second-order valence-corrected chi connectivity index (χ2v) is 23.9.